The predicted molar refractivity (Wildman–Crippen MR) is 130 cm³/mol. The van der Waals surface area contributed by atoms with E-state index in [1.165, 1.54) is 9.47 Å². The first kappa shape index (κ1) is 24.6. The Labute approximate surface area is 194 Å². The van der Waals surface area contributed by atoms with Gasteiger partial charge in [0.1, 0.15) is 11.6 Å². The van der Waals surface area contributed by atoms with Crippen LogP contribution < -0.4 is 26.6 Å². The summed E-state index contributed by atoms with van der Waals surface area (Å²) in [7, 11) is 0. The van der Waals surface area contributed by atoms with E-state index in [9.17, 15) is 14.4 Å². The van der Waals surface area contributed by atoms with Gasteiger partial charge in [-0.15, -0.1) is 0 Å². The van der Waals surface area contributed by atoms with Crippen molar-refractivity contribution in [3.05, 3.63) is 50.7 Å². The molecule has 2 heterocycles. The van der Waals surface area contributed by atoms with Gasteiger partial charge in [-0.2, -0.15) is 0 Å². The molecule has 0 bridgehead atoms. The molecular weight excluding hydrogens is 422 g/mol. The quantitative estimate of drug-likeness (QED) is 0.567. The Kier molecular flexibility index (Phi) is 8.32. The molecule has 0 saturated carbocycles. The van der Waals surface area contributed by atoms with Crippen LogP contribution in [0.4, 0.5) is 11.5 Å². The summed E-state index contributed by atoms with van der Waals surface area (Å²) < 4.78 is 6.87. The molecule has 1 amide bonds. The Balaban J connectivity index is 1.82. The van der Waals surface area contributed by atoms with Crippen molar-refractivity contribution in [3.8, 4) is 5.75 Å². The van der Waals surface area contributed by atoms with Crippen molar-refractivity contribution in [2.24, 2.45) is 0 Å². The molecule has 1 aliphatic heterocycles. The standard InChI is InChI=1S/C24H35N5O4/c1-4-7-15-29-22(25)21(23(31)26-24(29)32)28(5-2)20(30)16-27-14-8-9-19(27)17-10-12-18(13-11-17)33-6-3/h10-13,19H,4-9,14-16,25H2,1-3H3,(H,26,31,32). The van der Waals surface area contributed by atoms with Gasteiger partial charge in [-0.3, -0.25) is 24.0 Å². The third kappa shape index (κ3) is 5.47. The van der Waals surface area contributed by atoms with Crippen LogP contribution in [-0.4, -0.2) is 46.6 Å². The first-order chi connectivity index (χ1) is 15.9. The number of nitrogens with one attached hydrogen (secondary N) is 1. The lowest BCUT2D eigenvalue weighted by molar-refractivity contribution is -0.120. The number of nitrogens with zero attached hydrogens (tertiary/aromatic N) is 3. The van der Waals surface area contributed by atoms with E-state index in [1.54, 1.807) is 6.92 Å². The number of carbonyl (C=O) groups excluding carboxylic acids is 1. The lowest BCUT2D eigenvalue weighted by atomic mass is 10.0. The second-order valence-corrected chi connectivity index (χ2v) is 8.27. The summed E-state index contributed by atoms with van der Waals surface area (Å²) in [6.07, 6.45) is 3.56. The zero-order valence-corrected chi connectivity index (χ0v) is 19.8. The number of carbonyl (C=O) groups is 1. The van der Waals surface area contributed by atoms with Gasteiger partial charge >= 0.3 is 5.69 Å². The topological polar surface area (TPSA) is 114 Å². The summed E-state index contributed by atoms with van der Waals surface area (Å²) in [5.41, 5.74) is 6.23. The van der Waals surface area contributed by atoms with Crippen LogP contribution in [0.1, 0.15) is 58.1 Å². The normalized spacial score (nSPS) is 16.2. The van der Waals surface area contributed by atoms with Crippen LogP contribution >= 0.6 is 0 Å². The van der Waals surface area contributed by atoms with E-state index in [0.29, 0.717) is 13.2 Å². The molecule has 33 heavy (non-hydrogen) atoms. The largest absolute Gasteiger partial charge is 0.494 e. The van der Waals surface area contributed by atoms with Crippen molar-refractivity contribution in [1.82, 2.24) is 14.5 Å². The molecule has 2 aromatic rings. The molecule has 3 rings (SSSR count). The second kappa shape index (κ2) is 11.2. The van der Waals surface area contributed by atoms with Gasteiger partial charge < -0.3 is 15.4 Å². The maximum Gasteiger partial charge on any atom is 0.330 e. The van der Waals surface area contributed by atoms with Crippen LogP contribution in [0.5, 0.6) is 5.75 Å². The van der Waals surface area contributed by atoms with Crippen molar-refractivity contribution in [2.45, 2.75) is 59.0 Å². The van der Waals surface area contributed by atoms with E-state index < -0.39 is 11.2 Å². The van der Waals surface area contributed by atoms with Gasteiger partial charge in [0.05, 0.1) is 13.2 Å². The monoisotopic (exact) mass is 457 g/mol. The number of likely N-dealkylation sites (N-methyl/N-ethyl adjacent to an activating group) is 1. The number of aromatic amines is 1. The van der Waals surface area contributed by atoms with Gasteiger partial charge in [0.25, 0.3) is 5.56 Å². The number of anilines is 2. The average Bonchev–Trinajstić information content (AvgIpc) is 3.25. The molecule has 1 atom stereocenters. The molecule has 9 nitrogen and oxygen atoms in total. The van der Waals surface area contributed by atoms with Gasteiger partial charge in [0.15, 0.2) is 5.69 Å². The fourth-order valence-corrected chi connectivity index (χ4v) is 4.44. The van der Waals surface area contributed by atoms with E-state index in [-0.39, 0.29) is 36.5 Å². The Morgan fingerprint density at radius 1 is 1.21 bits per heavy atom. The molecule has 1 aromatic carbocycles. The van der Waals surface area contributed by atoms with Crippen molar-refractivity contribution >= 4 is 17.4 Å². The van der Waals surface area contributed by atoms with Crippen LogP contribution in [0.3, 0.4) is 0 Å². The fraction of sp³-hybridized carbons (Fsp3) is 0.542. The molecule has 1 fully saturated rings. The van der Waals surface area contributed by atoms with Crippen LogP contribution in [0.25, 0.3) is 0 Å². The molecule has 0 spiro atoms. The van der Waals surface area contributed by atoms with Crippen molar-refractivity contribution in [3.63, 3.8) is 0 Å². The molecule has 3 N–H and O–H groups in total. The average molecular weight is 458 g/mol. The molecule has 1 aliphatic rings. The summed E-state index contributed by atoms with van der Waals surface area (Å²) in [4.78, 5) is 44.1. The summed E-state index contributed by atoms with van der Waals surface area (Å²) >= 11 is 0. The van der Waals surface area contributed by atoms with Gasteiger partial charge in [0.2, 0.25) is 5.91 Å². The Hall–Kier alpha value is -3.07. The smallest absolute Gasteiger partial charge is 0.330 e. The maximum atomic E-state index is 13.3. The lowest BCUT2D eigenvalue weighted by Crippen LogP contribution is -2.45. The van der Waals surface area contributed by atoms with Crippen LogP contribution in [-0.2, 0) is 11.3 Å². The summed E-state index contributed by atoms with van der Waals surface area (Å²) in [6, 6.07) is 8.12. The molecule has 0 radical (unpaired) electrons. The fourth-order valence-electron chi connectivity index (χ4n) is 4.44. The minimum absolute atomic E-state index is 0.0388. The molecule has 1 saturated heterocycles. The highest BCUT2D eigenvalue weighted by Crippen LogP contribution is 2.33. The highest BCUT2D eigenvalue weighted by Gasteiger charge is 2.30. The maximum absolute atomic E-state index is 13.3. The van der Waals surface area contributed by atoms with Gasteiger partial charge in [-0.05, 0) is 57.4 Å². The predicted octanol–water partition coefficient (Wildman–Crippen LogP) is 2.51. The van der Waals surface area contributed by atoms with E-state index in [0.717, 1.165) is 43.5 Å². The number of unbranched alkanes of at least 4 members (excludes halogenated alkanes) is 1. The minimum Gasteiger partial charge on any atom is -0.494 e. The molecule has 0 aliphatic carbocycles. The zero-order chi connectivity index (χ0) is 24.0. The van der Waals surface area contributed by atoms with Crippen LogP contribution in [0, 0.1) is 0 Å². The van der Waals surface area contributed by atoms with Crippen LogP contribution in [0.2, 0.25) is 0 Å². The van der Waals surface area contributed by atoms with Gasteiger partial charge in [0, 0.05) is 19.1 Å². The number of nitrogens with two attached hydrogens (primary N) is 1. The third-order valence-electron chi connectivity index (χ3n) is 6.11. The summed E-state index contributed by atoms with van der Waals surface area (Å²) in [5, 5.41) is 0. The van der Waals surface area contributed by atoms with E-state index in [1.807, 2.05) is 38.1 Å². The number of H-pyrrole nitrogens is 1. The number of aromatic nitrogens is 2. The summed E-state index contributed by atoms with van der Waals surface area (Å²) in [5.74, 6) is 0.650. The molecule has 180 valence electrons. The Bertz CT molecular complexity index is 1060. The van der Waals surface area contributed by atoms with E-state index in [4.69, 9.17) is 10.5 Å². The van der Waals surface area contributed by atoms with E-state index in [2.05, 4.69) is 9.88 Å². The molecule has 9 heteroatoms. The highest BCUT2D eigenvalue weighted by atomic mass is 16.5. The van der Waals surface area contributed by atoms with Gasteiger partial charge in [-0.25, -0.2) is 4.79 Å². The number of hydrogen-bond donors (Lipinski definition) is 2. The number of amides is 1. The second-order valence-electron chi connectivity index (χ2n) is 8.27. The van der Waals surface area contributed by atoms with Crippen molar-refractivity contribution in [2.75, 3.05) is 36.9 Å². The molecule has 1 aromatic heterocycles. The van der Waals surface area contributed by atoms with Gasteiger partial charge in [-0.1, -0.05) is 25.5 Å². The Morgan fingerprint density at radius 3 is 2.58 bits per heavy atom. The number of rotatable bonds is 10. The van der Waals surface area contributed by atoms with Crippen molar-refractivity contribution in [1.29, 1.82) is 0 Å². The van der Waals surface area contributed by atoms with Crippen LogP contribution in [0.15, 0.2) is 33.9 Å². The lowest BCUT2D eigenvalue weighted by Gasteiger charge is -2.28. The third-order valence-corrected chi connectivity index (χ3v) is 6.11. The Morgan fingerprint density at radius 2 is 1.94 bits per heavy atom. The van der Waals surface area contributed by atoms with Crippen molar-refractivity contribution < 1.29 is 9.53 Å². The number of benzene rings is 1. The molecule has 1 unspecified atom stereocenters. The summed E-state index contributed by atoms with van der Waals surface area (Å²) in [6.45, 7) is 8.00. The number of nitrogen functional groups attached to an aromatic ring is 1. The number of hydrogen-bond acceptors (Lipinski definition) is 6. The highest BCUT2D eigenvalue weighted by molar-refractivity contribution is 5.96. The first-order valence-corrected chi connectivity index (χ1v) is 11.8. The number of ether oxygens (including phenoxy) is 1. The van der Waals surface area contributed by atoms with E-state index >= 15 is 0 Å². The zero-order valence-electron chi connectivity index (χ0n) is 19.8. The minimum atomic E-state index is -0.634. The first-order valence-electron chi connectivity index (χ1n) is 11.8. The number of likely N-dealkylation sites (tertiary alicyclic amines) is 1. The SMILES string of the molecule is CCCCn1c(N)c(N(CC)C(=O)CN2CCCC2c2ccc(OCC)cc2)c(=O)[nH]c1=O. The molecular formula is C24H35N5O4.